The molecule has 0 aliphatic carbocycles. The molecule has 206 valence electrons. The molecule has 0 bridgehead atoms. The minimum absolute atomic E-state index is 0.0643. The number of nitrogens with one attached hydrogen (secondary N) is 2. The van der Waals surface area contributed by atoms with Gasteiger partial charge in [0.15, 0.2) is 5.58 Å². The number of aromatic carboxylic acids is 1. The lowest BCUT2D eigenvalue weighted by atomic mass is 9.98. The van der Waals surface area contributed by atoms with Crippen molar-refractivity contribution in [2.45, 2.75) is 4.90 Å². The van der Waals surface area contributed by atoms with E-state index >= 15 is 0 Å². The summed E-state index contributed by atoms with van der Waals surface area (Å²) in [6, 6.07) is 32.0. The van der Waals surface area contributed by atoms with Crippen molar-refractivity contribution in [1.82, 2.24) is 4.98 Å². The summed E-state index contributed by atoms with van der Waals surface area (Å²) in [5, 5.41) is 16.4. The van der Waals surface area contributed by atoms with E-state index in [1.165, 1.54) is 17.8 Å². The first kappa shape index (κ1) is 26.8. The standard InChI is InChI=1S/C33H23N3O5S/c37-29(34-22-16-14-21(15-17-22)32-36-27-12-1-2-13-28(27)41-32)19-42-24-9-5-8-23(18-24)35-31(38)25-10-3-6-20-7-4-11-26(30(20)25)33(39)40/h1-18H,19H2,(H,34,37)(H,35,38)(H,39,40). The molecular weight excluding hydrogens is 550 g/mol. The molecule has 0 aliphatic heterocycles. The van der Waals surface area contributed by atoms with Gasteiger partial charge < -0.3 is 20.2 Å². The Labute approximate surface area is 244 Å². The van der Waals surface area contributed by atoms with Crippen LogP contribution < -0.4 is 10.6 Å². The van der Waals surface area contributed by atoms with E-state index in [1.807, 2.05) is 42.5 Å². The minimum atomic E-state index is -1.10. The van der Waals surface area contributed by atoms with Gasteiger partial charge in [0.2, 0.25) is 11.8 Å². The van der Waals surface area contributed by atoms with Gasteiger partial charge >= 0.3 is 5.97 Å². The third-order valence-corrected chi connectivity index (χ3v) is 7.54. The molecule has 42 heavy (non-hydrogen) atoms. The van der Waals surface area contributed by atoms with E-state index in [1.54, 1.807) is 60.7 Å². The topological polar surface area (TPSA) is 122 Å². The maximum Gasteiger partial charge on any atom is 0.336 e. The average molecular weight is 574 g/mol. The molecule has 9 heteroatoms. The van der Waals surface area contributed by atoms with Crippen LogP contribution in [0.1, 0.15) is 20.7 Å². The second-order valence-corrected chi connectivity index (χ2v) is 10.4. The molecule has 3 N–H and O–H groups in total. The summed E-state index contributed by atoms with van der Waals surface area (Å²) in [6.45, 7) is 0. The van der Waals surface area contributed by atoms with E-state index in [4.69, 9.17) is 4.42 Å². The summed E-state index contributed by atoms with van der Waals surface area (Å²) in [4.78, 5) is 42.8. The molecule has 6 rings (SSSR count). The Morgan fingerprint density at radius 3 is 2.26 bits per heavy atom. The molecule has 0 spiro atoms. The SMILES string of the molecule is O=C(CSc1cccc(NC(=O)c2cccc3cccc(C(=O)O)c23)c1)Nc1ccc(-c2nc3ccccc3o2)cc1. The van der Waals surface area contributed by atoms with Gasteiger partial charge in [-0.15, -0.1) is 11.8 Å². The van der Waals surface area contributed by atoms with Crippen LogP contribution in [0, 0.1) is 0 Å². The first-order valence-electron chi connectivity index (χ1n) is 13.0. The van der Waals surface area contributed by atoms with Crippen molar-refractivity contribution in [1.29, 1.82) is 0 Å². The highest BCUT2D eigenvalue weighted by Crippen LogP contribution is 2.27. The zero-order chi connectivity index (χ0) is 29.1. The number of para-hydroxylation sites is 2. The number of hydrogen-bond acceptors (Lipinski definition) is 6. The van der Waals surface area contributed by atoms with E-state index in [-0.39, 0.29) is 22.8 Å². The van der Waals surface area contributed by atoms with Gasteiger partial charge in [-0.1, -0.05) is 42.5 Å². The van der Waals surface area contributed by atoms with Gasteiger partial charge in [0.05, 0.1) is 11.3 Å². The number of thioether (sulfide) groups is 1. The van der Waals surface area contributed by atoms with Crippen LogP contribution in [0.3, 0.4) is 0 Å². The molecule has 0 atom stereocenters. The van der Waals surface area contributed by atoms with Crippen LogP contribution in [0.2, 0.25) is 0 Å². The molecule has 6 aromatic rings. The van der Waals surface area contributed by atoms with Crippen molar-refractivity contribution < 1.29 is 23.9 Å². The van der Waals surface area contributed by atoms with E-state index in [0.29, 0.717) is 33.6 Å². The number of carboxylic acids is 1. The third-order valence-electron chi connectivity index (χ3n) is 6.55. The van der Waals surface area contributed by atoms with Crippen LogP contribution in [0.5, 0.6) is 0 Å². The summed E-state index contributed by atoms with van der Waals surface area (Å²) in [6.07, 6.45) is 0. The molecule has 0 saturated carbocycles. The van der Waals surface area contributed by atoms with Crippen LogP contribution in [-0.2, 0) is 4.79 Å². The molecule has 0 aliphatic rings. The zero-order valence-electron chi connectivity index (χ0n) is 22.0. The first-order valence-corrected chi connectivity index (χ1v) is 14.0. The largest absolute Gasteiger partial charge is 0.478 e. The Hall–Kier alpha value is -5.41. The van der Waals surface area contributed by atoms with E-state index in [9.17, 15) is 19.5 Å². The van der Waals surface area contributed by atoms with Gasteiger partial charge in [0, 0.05) is 32.8 Å². The van der Waals surface area contributed by atoms with Gasteiger partial charge in [-0.2, -0.15) is 0 Å². The Bertz CT molecular complexity index is 1930. The number of rotatable bonds is 8. The lowest BCUT2D eigenvalue weighted by Crippen LogP contribution is -2.14. The summed E-state index contributed by atoms with van der Waals surface area (Å²) < 4.78 is 5.80. The number of nitrogens with zero attached hydrogens (tertiary/aromatic N) is 1. The van der Waals surface area contributed by atoms with Crippen LogP contribution in [0.4, 0.5) is 11.4 Å². The number of carbonyl (C=O) groups is 3. The van der Waals surface area contributed by atoms with E-state index in [2.05, 4.69) is 15.6 Å². The maximum absolute atomic E-state index is 13.2. The Balaban J connectivity index is 1.08. The second-order valence-electron chi connectivity index (χ2n) is 9.40. The lowest BCUT2D eigenvalue weighted by Gasteiger charge is -2.11. The summed E-state index contributed by atoms with van der Waals surface area (Å²) in [5.41, 5.74) is 3.82. The number of amides is 2. The van der Waals surface area contributed by atoms with Gasteiger partial charge in [-0.25, -0.2) is 9.78 Å². The number of aromatic nitrogens is 1. The molecule has 8 nitrogen and oxygen atoms in total. The average Bonchev–Trinajstić information content (AvgIpc) is 3.44. The normalized spacial score (nSPS) is 11.0. The van der Waals surface area contributed by atoms with Crippen LogP contribution in [0.15, 0.2) is 119 Å². The third kappa shape index (κ3) is 5.72. The number of anilines is 2. The molecule has 0 unspecified atom stereocenters. The van der Waals surface area contributed by atoms with Gasteiger partial charge in [-0.3, -0.25) is 9.59 Å². The molecule has 1 aromatic heterocycles. The Morgan fingerprint density at radius 1 is 0.762 bits per heavy atom. The zero-order valence-corrected chi connectivity index (χ0v) is 22.9. The summed E-state index contributed by atoms with van der Waals surface area (Å²) >= 11 is 1.33. The molecule has 2 amide bonds. The van der Waals surface area contributed by atoms with Gasteiger partial charge in [0.1, 0.15) is 5.52 Å². The number of fused-ring (bicyclic) bond motifs is 2. The molecule has 0 radical (unpaired) electrons. The Morgan fingerprint density at radius 2 is 1.50 bits per heavy atom. The van der Waals surface area contributed by atoms with Crippen molar-refractivity contribution in [2.24, 2.45) is 0 Å². The van der Waals surface area contributed by atoms with Crippen molar-refractivity contribution in [3.63, 3.8) is 0 Å². The monoisotopic (exact) mass is 573 g/mol. The molecule has 0 fully saturated rings. The van der Waals surface area contributed by atoms with Crippen molar-refractivity contribution >= 4 is 62.8 Å². The van der Waals surface area contributed by atoms with Crippen molar-refractivity contribution in [3.05, 3.63) is 120 Å². The quantitative estimate of drug-likeness (QED) is 0.163. The highest BCUT2D eigenvalue weighted by atomic mass is 32.2. The van der Waals surface area contributed by atoms with Gasteiger partial charge in [-0.05, 0) is 72.1 Å². The first-order chi connectivity index (χ1) is 20.4. The predicted octanol–water partition coefficient (Wildman–Crippen LogP) is 7.33. The summed E-state index contributed by atoms with van der Waals surface area (Å²) in [7, 11) is 0. The fourth-order valence-corrected chi connectivity index (χ4v) is 5.36. The molecular formula is C33H23N3O5S. The number of carbonyl (C=O) groups excluding carboxylic acids is 2. The number of carboxylic acid groups (broad SMARTS) is 1. The van der Waals surface area contributed by atoms with Crippen LogP contribution in [0.25, 0.3) is 33.3 Å². The van der Waals surface area contributed by atoms with E-state index < -0.39 is 11.9 Å². The maximum atomic E-state index is 13.2. The Kier molecular flexibility index (Phi) is 7.40. The molecule has 0 saturated heterocycles. The van der Waals surface area contributed by atoms with E-state index in [0.717, 1.165) is 16.0 Å². The number of hydrogen-bond donors (Lipinski definition) is 3. The fourth-order valence-electron chi connectivity index (χ4n) is 4.61. The minimum Gasteiger partial charge on any atom is -0.478 e. The number of benzene rings is 5. The van der Waals surface area contributed by atoms with Crippen molar-refractivity contribution in [3.8, 4) is 11.5 Å². The van der Waals surface area contributed by atoms with Crippen LogP contribution in [-0.4, -0.2) is 33.6 Å². The highest BCUT2D eigenvalue weighted by molar-refractivity contribution is 8.00. The smallest absolute Gasteiger partial charge is 0.336 e. The summed E-state index contributed by atoms with van der Waals surface area (Å²) in [5.74, 6) is -1.03. The molecule has 5 aromatic carbocycles. The van der Waals surface area contributed by atoms with Crippen molar-refractivity contribution in [2.75, 3.05) is 16.4 Å². The highest BCUT2D eigenvalue weighted by Gasteiger charge is 2.17. The van der Waals surface area contributed by atoms with Gasteiger partial charge in [0.25, 0.3) is 5.91 Å². The number of oxazole rings is 1. The second kappa shape index (κ2) is 11.6. The lowest BCUT2D eigenvalue weighted by molar-refractivity contribution is -0.113. The van der Waals surface area contributed by atoms with Crippen LogP contribution >= 0.6 is 11.8 Å². The molecule has 1 heterocycles. The predicted molar refractivity (Wildman–Crippen MR) is 164 cm³/mol. The fraction of sp³-hybridized carbons (Fsp3) is 0.0303.